The third-order valence-electron chi connectivity index (χ3n) is 4.67. The van der Waals surface area contributed by atoms with E-state index in [0.29, 0.717) is 11.4 Å². The number of H-pyrrole nitrogens is 1. The molecule has 4 aromatic rings. The minimum absolute atomic E-state index is 0.0943. The molecular weight excluding hydrogens is 521 g/mol. The van der Waals surface area contributed by atoms with Crippen LogP contribution in [-0.2, 0) is 10.0 Å². The number of aromatic nitrogens is 2. The van der Waals surface area contributed by atoms with Crippen molar-refractivity contribution in [3.8, 4) is 16.9 Å². The molecule has 0 bridgehead atoms. The molecule has 2 aromatic heterocycles. The number of nitrogens with zero attached hydrogens (tertiary/aromatic N) is 1. The lowest BCUT2D eigenvalue weighted by atomic mass is 10.1. The van der Waals surface area contributed by atoms with E-state index in [1.54, 1.807) is 7.05 Å². The van der Waals surface area contributed by atoms with E-state index in [0.717, 1.165) is 22.6 Å². The maximum Gasteiger partial charge on any atom is 0.333 e. The molecule has 4 rings (SSSR count). The summed E-state index contributed by atoms with van der Waals surface area (Å²) in [6, 6.07) is 15.1. The van der Waals surface area contributed by atoms with Crippen LogP contribution in [0, 0.1) is 0 Å². The number of anilines is 2. The molecule has 13 heteroatoms. The van der Waals surface area contributed by atoms with Gasteiger partial charge in [-0.25, -0.2) is 22.6 Å². The summed E-state index contributed by atoms with van der Waals surface area (Å²) in [6.45, 7) is 0. The van der Waals surface area contributed by atoms with Crippen molar-refractivity contribution < 1.29 is 13.2 Å². The van der Waals surface area contributed by atoms with Gasteiger partial charge >= 0.3 is 6.03 Å². The van der Waals surface area contributed by atoms with E-state index in [9.17, 15) is 18.0 Å². The van der Waals surface area contributed by atoms with Crippen molar-refractivity contribution >= 4 is 62.0 Å². The van der Waals surface area contributed by atoms with E-state index in [2.05, 4.69) is 15.7 Å². The fraction of sp³-hybridized carbons (Fsp3) is 0.0476. The standard InChI is InChI=1S/C21H17Cl2N5O4S2/c1-24-13-4-2-3-12(9-13)16-11-19(29)28(26-16)17-6-5-14(10-15(17)22)25-21(30)27-34(31,32)20-8-7-18(23)33-20/h2-11,24,26H,1H3,(H2,25,27,30). The van der Waals surface area contributed by atoms with E-state index in [4.69, 9.17) is 23.2 Å². The smallest absolute Gasteiger partial charge is 0.333 e. The quantitative estimate of drug-likeness (QED) is 0.282. The summed E-state index contributed by atoms with van der Waals surface area (Å²) in [5, 5.41) is 8.63. The minimum Gasteiger partial charge on any atom is -0.388 e. The van der Waals surface area contributed by atoms with Gasteiger partial charge in [0.05, 0.1) is 20.7 Å². The van der Waals surface area contributed by atoms with Crippen LogP contribution in [0.4, 0.5) is 16.2 Å². The number of benzene rings is 2. The summed E-state index contributed by atoms with van der Waals surface area (Å²) >= 11 is 12.9. The Kier molecular flexibility index (Phi) is 6.71. The SMILES string of the molecule is CNc1cccc(-c2cc(=O)n(-c3ccc(NC(=O)NS(=O)(=O)c4ccc(Cl)s4)cc3Cl)[nH]2)c1. The predicted molar refractivity (Wildman–Crippen MR) is 135 cm³/mol. The first-order valence-corrected chi connectivity index (χ1v) is 12.7. The van der Waals surface area contributed by atoms with E-state index in [1.807, 2.05) is 29.0 Å². The Hall–Kier alpha value is -3.25. The molecule has 0 saturated heterocycles. The van der Waals surface area contributed by atoms with Gasteiger partial charge in [0.1, 0.15) is 4.21 Å². The molecule has 0 aliphatic carbocycles. The lowest BCUT2D eigenvalue weighted by Crippen LogP contribution is -2.33. The van der Waals surface area contributed by atoms with Gasteiger partial charge in [-0.15, -0.1) is 11.3 Å². The zero-order chi connectivity index (χ0) is 24.5. The van der Waals surface area contributed by atoms with Gasteiger partial charge in [-0.2, -0.15) is 0 Å². The first-order chi connectivity index (χ1) is 16.2. The van der Waals surface area contributed by atoms with Crippen LogP contribution in [0.5, 0.6) is 0 Å². The first-order valence-electron chi connectivity index (χ1n) is 9.65. The molecule has 0 aliphatic rings. The Morgan fingerprint density at radius 2 is 1.82 bits per heavy atom. The summed E-state index contributed by atoms with van der Waals surface area (Å²) in [7, 11) is -2.27. The molecule has 2 aromatic carbocycles. The molecule has 176 valence electrons. The third kappa shape index (κ3) is 5.12. The number of carbonyl (C=O) groups excluding carboxylic acids is 1. The average Bonchev–Trinajstić information content (AvgIpc) is 3.40. The second-order valence-electron chi connectivity index (χ2n) is 6.96. The Labute approximate surface area is 208 Å². The van der Waals surface area contributed by atoms with Gasteiger partial charge in [0.15, 0.2) is 0 Å². The van der Waals surface area contributed by atoms with Crippen molar-refractivity contribution in [3.05, 3.63) is 80.4 Å². The fourth-order valence-electron chi connectivity index (χ4n) is 3.10. The number of thiophene rings is 1. The van der Waals surface area contributed by atoms with Gasteiger partial charge in [-0.3, -0.25) is 9.89 Å². The van der Waals surface area contributed by atoms with Crippen LogP contribution in [0.1, 0.15) is 0 Å². The maximum absolute atomic E-state index is 12.6. The lowest BCUT2D eigenvalue weighted by molar-refractivity contribution is 0.256. The number of halogens is 2. The van der Waals surface area contributed by atoms with Crippen molar-refractivity contribution in [1.29, 1.82) is 0 Å². The largest absolute Gasteiger partial charge is 0.388 e. The van der Waals surface area contributed by atoms with Crippen molar-refractivity contribution in [2.45, 2.75) is 4.21 Å². The van der Waals surface area contributed by atoms with Crippen LogP contribution in [-0.4, -0.2) is 31.3 Å². The van der Waals surface area contributed by atoms with Crippen molar-refractivity contribution in [1.82, 2.24) is 14.5 Å². The van der Waals surface area contributed by atoms with E-state index in [-0.39, 0.29) is 24.8 Å². The molecule has 2 amide bonds. The number of carbonyl (C=O) groups is 1. The molecule has 34 heavy (non-hydrogen) atoms. The van der Waals surface area contributed by atoms with Gasteiger partial charge in [0.2, 0.25) is 0 Å². The molecule has 0 aliphatic heterocycles. The fourth-order valence-corrected chi connectivity index (χ4v) is 5.76. The highest BCUT2D eigenvalue weighted by atomic mass is 35.5. The maximum atomic E-state index is 12.6. The molecule has 4 N–H and O–H groups in total. The minimum atomic E-state index is -4.07. The van der Waals surface area contributed by atoms with Crippen molar-refractivity contribution in [3.63, 3.8) is 0 Å². The number of sulfonamides is 1. The van der Waals surface area contributed by atoms with Crippen LogP contribution in [0.15, 0.2) is 69.7 Å². The Bertz CT molecular complexity index is 1540. The second-order valence-corrected chi connectivity index (χ2v) is 11.0. The van der Waals surface area contributed by atoms with E-state index >= 15 is 0 Å². The van der Waals surface area contributed by atoms with Gasteiger partial charge in [0.25, 0.3) is 15.6 Å². The Morgan fingerprint density at radius 3 is 2.50 bits per heavy atom. The first kappa shape index (κ1) is 23.9. The normalized spacial score (nSPS) is 11.3. The van der Waals surface area contributed by atoms with Gasteiger partial charge in [0, 0.05) is 30.1 Å². The lowest BCUT2D eigenvalue weighted by Gasteiger charge is -2.10. The predicted octanol–water partition coefficient (Wildman–Crippen LogP) is 4.75. The average molecular weight is 538 g/mol. The van der Waals surface area contributed by atoms with Crippen molar-refractivity contribution in [2.24, 2.45) is 0 Å². The van der Waals surface area contributed by atoms with Gasteiger partial charge in [-0.1, -0.05) is 35.3 Å². The molecule has 9 nitrogen and oxygen atoms in total. The molecular formula is C21H17Cl2N5O4S2. The molecule has 0 spiro atoms. The van der Waals surface area contributed by atoms with Crippen LogP contribution in [0.2, 0.25) is 9.36 Å². The number of nitrogens with one attached hydrogen (secondary N) is 4. The van der Waals surface area contributed by atoms with Crippen LogP contribution in [0.25, 0.3) is 16.9 Å². The Balaban J connectivity index is 1.53. The number of urea groups is 1. The number of hydrogen-bond acceptors (Lipinski definition) is 6. The van der Waals surface area contributed by atoms with Crippen LogP contribution < -0.4 is 20.9 Å². The zero-order valence-electron chi connectivity index (χ0n) is 17.4. The highest BCUT2D eigenvalue weighted by molar-refractivity contribution is 7.92. The monoisotopic (exact) mass is 537 g/mol. The van der Waals surface area contributed by atoms with E-state index < -0.39 is 16.1 Å². The molecule has 0 saturated carbocycles. The van der Waals surface area contributed by atoms with Crippen LogP contribution in [0.3, 0.4) is 0 Å². The molecule has 0 radical (unpaired) electrons. The Morgan fingerprint density at radius 1 is 1.03 bits per heavy atom. The summed E-state index contributed by atoms with van der Waals surface area (Å²) in [5.74, 6) is 0. The third-order valence-corrected chi connectivity index (χ3v) is 8.03. The van der Waals surface area contributed by atoms with Crippen LogP contribution >= 0.6 is 34.5 Å². The molecule has 2 heterocycles. The van der Waals surface area contributed by atoms with Gasteiger partial charge < -0.3 is 10.6 Å². The molecule has 0 unspecified atom stereocenters. The summed E-state index contributed by atoms with van der Waals surface area (Å²) in [6.07, 6.45) is 0. The number of aromatic amines is 1. The number of rotatable bonds is 6. The van der Waals surface area contributed by atoms with E-state index in [1.165, 1.54) is 41.1 Å². The highest BCUT2D eigenvalue weighted by Gasteiger charge is 2.20. The number of hydrogen-bond donors (Lipinski definition) is 4. The molecule has 0 fully saturated rings. The second kappa shape index (κ2) is 9.55. The summed E-state index contributed by atoms with van der Waals surface area (Å²) < 4.78 is 27.9. The van der Waals surface area contributed by atoms with Crippen molar-refractivity contribution in [2.75, 3.05) is 17.7 Å². The molecule has 0 atom stereocenters. The highest BCUT2D eigenvalue weighted by Crippen LogP contribution is 2.27. The van der Waals surface area contributed by atoms with Gasteiger partial charge in [-0.05, 0) is 42.5 Å². The number of amides is 2. The summed E-state index contributed by atoms with van der Waals surface area (Å²) in [5.41, 5.74) is 2.55. The summed E-state index contributed by atoms with van der Waals surface area (Å²) in [4.78, 5) is 24.8. The topological polar surface area (TPSA) is 125 Å². The zero-order valence-corrected chi connectivity index (χ0v) is 20.6.